The van der Waals surface area contributed by atoms with E-state index in [0.717, 1.165) is 33.9 Å². The highest BCUT2D eigenvalue weighted by atomic mass is 32.1. The number of benzene rings is 2. The first kappa shape index (κ1) is 18.5. The number of rotatable bonds is 7. The molecule has 1 amide bonds. The summed E-state index contributed by atoms with van der Waals surface area (Å²) in [6, 6.07) is 16.2. The van der Waals surface area contributed by atoms with Gasteiger partial charge in [0.15, 0.2) is 5.13 Å². The number of hydrogen-bond donors (Lipinski definition) is 1. The highest BCUT2D eigenvalue weighted by Gasteiger charge is 2.20. The van der Waals surface area contributed by atoms with Crippen molar-refractivity contribution in [3.05, 3.63) is 59.7 Å². The molecule has 0 unspecified atom stereocenters. The Morgan fingerprint density at radius 2 is 1.92 bits per heavy atom. The van der Waals surface area contributed by atoms with Gasteiger partial charge in [0.25, 0.3) is 0 Å². The summed E-state index contributed by atoms with van der Waals surface area (Å²) in [4.78, 5) is 21.0. The number of anilines is 1. The van der Waals surface area contributed by atoms with Crippen LogP contribution in [0.4, 0.5) is 5.13 Å². The number of quaternary nitrogens is 1. The molecular weight excluding hydrogens is 342 g/mol. The molecule has 4 nitrogen and oxygen atoms in total. The molecule has 2 aromatic carbocycles. The molecule has 0 fully saturated rings. The lowest BCUT2D eigenvalue weighted by Crippen LogP contribution is -3.05. The number of hydrogen-bond acceptors (Lipinski definition) is 3. The molecule has 0 radical (unpaired) electrons. The molecule has 0 saturated carbocycles. The maximum atomic E-state index is 13.0. The Balaban J connectivity index is 1.84. The van der Waals surface area contributed by atoms with Gasteiger partial charge in [-0.3, -0.25) is 9.69 Å². The van der Waals surface area contributed by atoms with E-state index in [9.17, 15) is 4.79 Å². The number of nitrogens with one attached hydrogen (secondary N) is 1. The number of thiazole rings is 1. The van der Waals surface area contributed by atoms with Crippen LogP contribution in [0.25, 0.3) is 10.2 Å². The lowest BCUT2D eigenvalue weighted by molar-refractivity contribution is -0.858. The van der Waals surface area contributed by atoms with E-state index in [1.165, 1.54) is 10.5 Å². The van der Waals surface area contributed by atoms with Crippen LogP contribution in [0.15, 0.2) is 48.5 Å². The third-order valence-corrected chi connectivity index (χ3v) is 5.36. The summed E-state index contributed by atoms with van der Waals surface area (Å²) < 4.78 is 1.13. The molecule has 1 aromatic heterocycles. The standard InChI is InChI=1S/C21H25N3OS/c1-16-10-11-18-19(14-16)26-21(22-18)24(13-7-12-23(2)3)20(25)15-17-8-5-4-6-9-17/h4-6,8-11,14H,7,12-13,15H2,1-3H3/p+1. The van der Waals surface area contributed by atoms with E-state index in [4.69, 9.17) is 4.98 Å². The van der Waals surface area contributed by atoms with Gasteiger partial charge in [0.2, 0.25) is 5.91 Å². The number of carbonyl (C=O) groups is 1. The Hall–Kier alpha value is -2.24. The molecule has 0 atom stereocenters. The number of aryl methyl sites for hydroxylation is 1. The van der Waals surface area contributed by atoms with E-state index in [0.29, 0.717) is 13.0 Å². The van der Waals surface area contributed by atoms with E-state index in [1.807, 2.05) is 41.3 Å². The van der Waals surface area contributed by atoms with Crippen LogP contribution in [0.5, 0.6) is 0 Å². The minimum atomic E-state index is 0.112. The van der Waals surface area contributed by atoms with E-state index in [2.05, 4.69) is 33.2 Å². The SMILES string of the molecule is Cc1ccc2nc(N(CCC[NH+](C)C)C(=O)Cc3ccccc3)sc2c1. The predicted octanol–water partition coefficient (Wildman–Crippen LogP) is 2.72. The largest absolute Gasteiger partial charge is 0.340 e. The van der Waals surface area contributed by atoms with Gasteiger partial charge in [0.1, 0.15) is 0 Å². The van der Waals surface area contributed by atoms with Gasteiger partial charge in [-0.25, -0.2) is 4.98 Å². The molecule has 136 valence electrons. The summed E-state index contributed by atoms with van der Waals surface area (Å²) in [7, 11) is 4.27. The predicted molar refractivity (Wildman–Crippen MR) is 109 cm³/mol. The first-order valence-electron chi connectivity index (χ1n) is 9.03. The molecule has 0 aliphatic heterocycles. The van der Waals surface area contributed by atoms with Crippen molar-refractivity contribution >= 4 is 32.6 Å². The Bertz CT molecular complexity index is 873. The smallest absolute Gasteiger partial charge is 0.233 e. The molecule has 0 spiro atoms. The number of carbonyl (C=O) groups excluding carboxylic acids is 1. The summed E-state index contributed by atoms with van der Waals surface area (Å²) in [5.41, 5.74) is 3.22. The van der Waals surface area contributed by atoms with Gasteiger partial charge in [0.05, 0.1) is 37.3 Å². The molecule has 0 aliphatic carbocycles. The van der Waals surface area contributed by atoms with Crippen LogP contribution in [0.1, 0.15) is 17.5 Å². The molecule has 0 saturated heterocycles. The van der Waals surface area contributed by atoms with E-state index >= 15 is 0 Å². The Labute approximate surface area is 159 Å². The number of nitrogens with zero attached hydrogens (tertiary/aromatic N) is 2. The Morgan fingerprint density at radius 3 is 2.65 bits per heavy atom. The molecule has 5 heteroatoms. The Kier molecular flexibility index (Phi) is 6.01. The summed E-state index contributed by atoms with van der Waals surface area (Å²) >= 11 is 1.60. The zero-order chi connectivity index (χ0) is 18.5. The van der Waals surface area contributed by atoms with Gasteiger partial charge in [-0.2, -0.15) is 0 Å². The van der Waals surface area contributed by atoms with E-state index < -0.39 is 0 Å². The zero-order valence-electron chi connectivity index (χ0n) is 15.7. The van der Waals surface area contributed by atoms with Crippen LogP contribution in [-0.4, -0.2) is 38.1 Å². The lowest BCUT2D eigenvalue weighted by Gasteiger charge is -2.20. The van der Waals surface area contributed by atoms with Gasteiger partial charge >= 0.3 is 0 Å². The fraction of sp³-hybridized carbons (Fsp3) is 0.333. The highest BCUT2D eigenvalue weighted by Crippen LogP contribution is 2.30. The highest BCUT2D eigenvalue weighted by molar-refractivity contribution is 7.22. The number of amides is 1. The normalized spacial score (nSPS) is 11.2. The maximum absolute atomic E-state index is 13.0. The topological polar surface area (TPSA) is 37.6 Å². The number of fused-ring (bicyclic) bond motifs is 1. The van der Waals surface area contributed by atoms with Crippen LogP contribution < -0.4 is 9.80 Å². The maximum Gasteiger partial charge on any atom is 0.233 e. The summed E-state index contributed by atoms with van der Waals surface area (Å²) in [6.45, 7) is 3.81. The second kappa shape index (κ2) is 8.43. The fourth-order valence-corrected chi connectivity index (χ4v) is 4.03. The zero-order valence-corrected chi connectivity index (χ0v) is 16.5. The average Bonchev–Trinajstić information content (AvgIpc) is 3.01. The summed E-state index contributed by atoms with van der Waals surface area (Å²) in [6.07, 6.45) is 1.36. The first-order chi connectivity index (χ1) is 12.5. The van der Waals surface area contributed by atoms with Crippen LogP contribution in [-0.2, 0) is 11.2 Å². The van der Waals surface area contributed by atoms with Crippen molar-refractivity contribution in [2.45, 2.75) is 19.8 Å². The van der Waals surface area contributed by atoms with Crippen LogP contribution in [0.3, 0.4) is 0 Å². The molecule has 0 aliphatic rings. The molecule has 3 rings (SSSR count). The first-order valence-corrected chi connectivity index (χ1v) is 9.85. The second-order valence-electron chi connectivity index (χ2n) is 6.99. The molecule has 0 bridgehead atoms. The molecule has 1 heterocycles. The Morgan fingerprint density at radius 1 is 1.15 bits per heavy atom. The van der Waals surface area contributed by atoms with Gasteiger partial charge in [-0.15, -0.1) is 0 Å². The molecular formula is C21H26N3OS+. The third-order valence-electron chi connectivity index (χ3n) is 4.32. The minimum absolute atomic E-state index is 0.112. The van der Waals surface area contributed by atoms with Crippen molar-refractivity contribution in [3.63, 3.8) is 0 Å². The summed E-state index contributed by atoms with van der Waals surface area (Å²) in [5.74, 6) is 0.112. The van der Waals surface area contributed by atoms with Crippen molar-refractivity contribution in [1.82, 2.24) is 4.98 Å². The third kappa shape index (κ3) is 4.68. The molecule has 26 heavy (non-hydrogen) atoms. The summed E-state index contributed by atoms with van der Waals surface area (Å²) in [5, 5.41) is 0.806. The van der Waals surface area contributed by atoms with Gasteiger partial charge in [-0.1, -0.05) is 47.7 Å². The average molecular weight is 369 g/mol. The monoisotopic (exact) mass is 368 g/mol. The molecule has 3 aromatic rings. The number of aromatic nitrogens is 1. The lowest BCUT2D eigenvalue weighted by atomic mass is 10.1. The van der Waals surface area contributed by atoms with Crippen LogP contribution in [0, 0.1) is 6.92 Å². The second-order valence-corrected chi connectivity index (χ2v) is 8.00. The van der Waals surface area contributed by atoms with E-state index in [1.54, 1.807) is 11.3 Å². The van der Waals surface area contributed by atoms with Crippen molar-refractivity contribution in [2.75, 3.05) is 32.1 Å². The van der Waals surface area contributed by atoms with Crippen molar-refractivity contribution in [2.24, 2.45) is 0 Å². The van der Waals surface area contributed by atoms with Gasteiger partial charge in [-0.05, 0) is 30.2 Å². The minimum Gasteiger partial charge on any atom is -0.340 e. The quantitative estimate of drug-likeness (QED) is 0.696. The van der Waals surface area contributed by atoms with Crippen LogP contribution in [0.2, 0.25) is 0 Å². The van der Waals surface area contributed by atoms with E-state index in [-0.39, 0.29) is 5.91 Å². The van der Waals surface area contributed by atoms with Crippen LogP contribution >= 0.6 is 11.3 Å². The fourth-order valence-electron chi connectivity index (χ4n) is 2.92. The molecule has 1 N–H and O–H groups in total. The van der Waals surface area contributed by atoms with Gasteiger partial charge < -0.3 is 4.90 Å². The van der Waals surface area contributed by atoms with Crippen molar-refractivity contribution in [1.29, 1.82) is 0 Å². The van der Waals surface area contributed by atoms with Crippen molar-refractivity contribution in [3.8, 4) is 0 Å². The van der Waals surface area contributed by atoms with Crippen molar-refractivity contribution < 1.29 is 9.69 Å². The van der Waals surface area contributed by atoms with Gasteiger partial charge in [0, 0.05) is 13.0 Å².